The van der Waals surface area contributed by atoms with Crippen molar-refractivity contribution in [3.63, 3.8) is 0 Å². The molecule has 0 spiro atoms. The molecule has 56 valence electrons. The van der Waals surface area contributed by atoms with E-state index in [-0.39, 0.29) is 5.91 Å². The van der Waals surface area contributed by atoms with Crippen molar-refractivity contribution in [3.8, 4) is 12.3 Å². The fourth-order valence-corrected chi connectivity index (χ4v) is 0.569. The standard InChI is InChI=1S/C7H11NO2/c1-2-3-4-5-6-7(9)8-10/h1,10H,3-6H2,(H,8,9). The summed E-state index contributed by atoms with van der Waals surface area (Å²) < 4.78 is 0. The Morgan fingerprint density at radius 1 is 1.60 bits per heavy atom. The van der Waals surface area contributed by atoms with Crippen LogP contribution in [0, 0.1) is 12.3 Å². The molecule has 0 radical (unpaired) electrons. The predicted octanol–water partition coefficient (Wildman–Crippen LogP) is 0.685. The molecule has 1 amide bonds. The second-order valence-corrected chi connectivity index (χ2v) is 1.95. The largest absolute Gasteiger partial charge is 0.289 e. The first kappa shape index (κ1) is 8.99. The highest BCUT2D eigenvalue weighted by Crippen LogP contribution is 1.97. The Labute approximate surface area is 60.4 Å². The number of hydroxylamine groups is 1. The Hall–Kier alpha value is -1.01. The van der Waals surface area contributed by atoms with Crippen LogP contribution in [0.2, 0.25) is 0 Å². The Kier molecular flexibility index (Phi) is 5.50. The molecule has 0 aromatic rings. The van der Waals surface area contributed by atoms with Crippen molar-refractivity contribution >= 4 is 5.91 Å². The Morgan fingerprint density at radius 2 is 2.30 bits per heavy atom. The Bertz CT molecular complexity index is 137. The molecule has 0 unspecified atom stereocenters. The first-order chi connectivity index (χ1) is 4.81. The monoisotopic (exact) mass is 141 g/mol. The maximum atomic E-state index is 10.4. The quantitative estimate of drug-likeness (QED) is 0.262. The van der Waals surface area contributed by atoms with Crippen molar-refractivity contribution in [2.75, 3.05) is 0 Å². The fraction of sp³-hybridized carbons (Fsp3) is 0.571. The van der Waals surface area contributed by atoms with Gasteiger partial charge in [0, 0.05) is 12.8 Å². The van der Waals surface area contributed by atoms with Gasteiger partial charge in [-0.15, -0.1) is 12.3 Å². The maximum absolute atomic E-state index is 10.4. The minimum atomic E-state index is -0.350. The number of unbranched alkanes of at least 4 members (excludes halogenated alkanes) is 2. The van der Waals surface area contributed by atoms with Gasteiger partial charge >= 0.3 is 0 Å². The minimum absolute atomic E-state index is 0.345. The lowest BCUT2D eigenvalue weighted by Gasteiger charge is -1.94. The van der Waals surface area contributed by atoms with Crippen molar-refractivity contribution in [1.82, 2.24) is 5.48 Å². The van der Waals surface area contributed by atoms with Crippen LogP contribution >= 0.6 is 0 Å². The number of nitrogens with one attached hydrogen (secondary N) is 1. The molecule has 0 aromatic heterocycles. The van der Waals surface area contributed by atoms with Crippen molar-refractivity contribution in [2.24, 2.45) is 0 Å². The van der Waals surface area contributed by atoms with Crippen LogP contribution in [0.3, 0.4) is 0 Å². The SMILES string of the molecule is C#CCCCCC(=O)NO. The van der Waals surface area contributed by atoms with Crippen molar-refractivity contribution in [2.45, 2.75) is 25.7 Å². The first-order valence-corrected chi connectivity index (χ1v) is 3.17. The summed E-state index contributed by atoms with van der Waals surface area (Å²) in [6, 6.07) is 0. The van der Waals surface area contributed by atoms with E-state index in [2.05, 4.69) is 5.92 Å². The zero-order chi connectivity index (χ0) is 7.82. The number of hydrogen-bond acceptors (Lipinski definition) is 2. The van der Waals surface area contributed by atoms with Gasteiger partial charge in [-0.3, -0.25) is 10.0 Å². The van der Waals surface area contributed by atoms with Gasteiger partial charge in [0.1, 0.15) is 0 Å². The summed E-state index contributed by atoms with van der Waals surface area (Å²) in [4.78, 5) is 10.4. The number of hydrogen-bond donors (Lipinski definition) is 2. The van der Waals surface area contributed by atoms with Gasteiger partial charge in [0.15, 0.2) is 0 Å². The molecule has 0 rings (SSSR count). The summed E-state index contributed by atoms with van der Waals surface area (Å²) in [5, 5.41) is 8.05. The molecule has 0 heterocycles. The molecule has 0 atom stereocenters. The number of terminal acetylenes is 1. The van der Waals surface area contributed by atoms with Crippen LogP contribution in [0.15, 0.2) is 0 Å². The molecule has 0 saturated carbocycles. The zero-order valence-electron chi connectivity index (χ0n) is 5.76. The minimum Gasteiger partial charge on any atom is -0.289 e. The third-order valence-electron chi connectivity index (χ3n) is 1.10. The van der Waals surface area contributed by atoms with Crippen LogP contribution in [0.1, 0.15) is 25.7 Å². The lowest BCUT2D eigenvalue weighted by atomic mass is 10.2. The van der Waals surface area contributed by atoms with E-state index in [4.69, 9.17) is 11.6 Å². The van der Waals surface area contributed by atoms with Gasteiger partial charge in [0.05, 0.1) is 0 Å². The highest BCUT2D eigenvalue weighted by atomic mass is 16.5. The summed E-state index contributed by atoms with van der Waals surface area (Å²) in [5.41, 5.74) is 1.55. The van der Waals surface area contributed by atoms with Gasteiger partial charge < -0.3 is 0 Å². The van der Waals surface area contributed by atoms with Crippen LogP contribution in [0.4, 0.5) is 0 Å². The van der Waals surface area contributed by atoms with E-state index in [9.17, 15) is 4.79 Å². The highest BCUT2D eigenvalue weighted by Gasteiger charge is 1.96. The van der Waals surface area contributed by atoms with E-state index in [0.717, 1.165) is 12.8 Å². The van der Waals surface area contributed by atoms with Gasteiger partial charge in [-0.05, 0) is 12.8 Å². The average molecular weight is 141 g/mol. The van der Waals surface area contributed by atoms with E-state index in [1.807, 2.05) is 0 Å². The molecular formula is C7H11NO2. The van der Waals surface area contributed by atoms with E-state index >= 15 is 0 Å². The smallest absolute Gasteiger partial charge is 0.243 e. The predicted molar refractivity (Wildman–Crippen MR) is 37.2 cm³/mol. The molecule has 0 aliphatic carbocycles. The summed E-state index contributed by atoms with van der Waals surface area (Å²) in [6.07, 6.45) is 7.59. The van der Waals surface area contributed by atoms with Gasteiger partial charge in [-0.1, -0.05) is 0 Å². The summed E-state index contributed by atoms with van der Waals surface area (Å²) in [7, 11) is 0. The number of amides is 1. The molecule has 10 heavy (non-hydrogen) atoms. The third kappa shape index (κ3) is 5.13. The lowest BCUT2D eigenvalue weighted by Crippen LogP contribution is -2.17. The molecule has 0 saturated heterocycles. The van der Waals surface area contributed by atoms with E-state index in [0.29, 0.717) is 12.8 Å². The maximum Gasteiger partial charge on any atom is 0.243 e. The molecule has 0 aliphatic heterocycles. The van der Waals surface area contributed by atoms with Gasteiger partial charge in [-0.2, -0.15) is 0 Å². The molecular weight excluding hydrogens is 130 g/mol. The zero-order valence-corrected chi connectivity index (χ0v) is 5.76. The van der Waals surface area contributed by atoms with Crippen molar-refractivity contribution in [1.29, 1.82) is 0 Å². The van der Waals surface area contributed by atoms with E-state index < -0.39 is 0 Å². The molecule has 3 heteroatoms. The number of carbonyl (C=O) groups excluding carboxylic acids is 1. The molecule has 3 nitrogen and oxygen atoms in total. The Balaban J connectivity index is 3.05. The van der Waals surface area contributed by atoms with E-state index in [1.54, 1.807) is 5.48 Å². The summed E-state index contributed by atoms with van der Waals surface area (Å²) in [6.45, 7) is 0. The van der Waals surface area contributed by atoms with Crippen LogP contribution in [-0.4, -0.2) is 11.1 Å². The van der Waals surface area contributed by atoms with Gasteiger partial charge in [-0.25, -0.2) is 5.48 Å². The van der Waals surface area contributed by atoms with Gasteiger partial charge in [0.2, 0.25) is 5.91 Å². The number of carbonyl (C=O) groups is 1. The first-order valence-electron chi connectivity index (χ1n) is 3.17. The molecule has 0 fully saturated rings. The average Bonchev–Trinajstić information content (AvgIpc) is 1.98. The van der Waals surface area contributed by atoms with Crippen LogP contribution in [0.25, 0.3) is 0 Å². The second kappa shape index (κ2) is 6.12. The third-order valence-corrected chi connectivity index (χ3v) is 1.10. The lowest BCUT2D eigenvalue weighted by molar-refractivity contribution is -0.129. The fourth-order valence-electron chi connectivity index (χ4n) is 0.569. The molecule has 2 N–H and O–H groups in total. The number of rotatable bonds is 4. The molecule has 0 bridgehead atoms. The molecule has 0 aliphatic rings. The van der Waals surface area contributed by atoms with Crippen LogP contribution in [-0.2, 0) is 4.79 Å². The van der Waals surface area contributed by atoms with E-state index in [1.165, 1.54) is 0 Å². The van der Waals surface area contributed by atoms with Crippen molar-refractivity contribution in [3.05, 3.63) is 0 Å². The van der Waals surface area contributed by atoms with Crippen molar-refractivity contribution < 1.29 is 10.0 Å². The highest BCUT2D eigenvalue weighted by molar-refractivity contribution is 5.74. The Morgan fingerprint density at radius 3 is 2.80 bits per heavy atom. The van der Waals surface area contributed by atoms with Gasteiger partial charge in [0.25, 0.3) is 0 Å². The molecule has 0 aromatic carbocycles. The van der Waals surface area contributed by atoms with Crippen LogP contribution < -0.4 is 5.48 Å². The normalized spacial score (nSPS) is 8.40. The van der Waals surface area contributed by atoms with Crippen LogP contribution in [0.5, 0.6) is 0 Å². The summed E-state index contributed by atoms with van der Waals surface area (Å²) in [5.74, 6) is 2.12. The topological polar surface area (TPSA) is 49.3 Å². The second-order valence-electron chi connectivity index (χ2n) is 1.95. The summed E-state index contributed by atoms with van der Waals surface area (Å²) >= 11 is 0.